The molecule has 0 bridgehead atoms. The van der Waals surface area contributed by atoms with Gasteiger partial charge in [0, 0.05) is 41.9 Å². The van der Waals surface area contributed by atoms with Crippen LogP contribution in [0.4, 0.5) is 10.1 Å². The van der Waals surface area contributed by atoms with Gasteiger partial charge >= 0.3 is 0 Å². The third-order valence-electron chi connectivity index (χ3n) is 5.78. The number of hydrogen-bond acceptors (Lipinski definition) is 8. The number of piperidine rings is 1. The fraction of sp³-hybridized carbons (Fsp3) is 0.364. The number of fused-ring (bicyclic) bond motifs is 1. The molecule has 2 aliphatic heterocycles. The summed E-state index contributed by atoms with van der Waals surface area (Å²) in [6, 6.07) is 9.04. The second-order valence-corrected chi connectivity index (χ2v) is 8.00. The Morgan fingerprint density at radius 2 is 2.09 bits per heavy atom. The number of hydrogen-bond donors (Lipinski definition) is 0. The van der Waals surface area contributed by atoms with Crippen molar-refractivity contribution in [1.29, 1.82) is 0 Å². The topological polar surface area (TPSA) is 104 Å². The normalized spacial score (nSPS) is 18.7. The first-order valence-corrected chi connectivity index (χ1v) is 10.4. The standard InChI is InChI=1S/C22H21FN4O5/c23-18-5-3-14(4-6-18)21-24-22(32-25-21)15-2-1-7-26(10-15)11-16-8-19(27(28)29)9-17-12-30-13-31-20(16)17/h3-6,8-9,15H,1-2,7,10-13H2. The average Bonchev–Trinajstić information content (AvgIpc) is 3.30. The van der Waals surface area contributed by atoms with Crippen LogP contribution in [0.1, 0.15) is 35.8 Å². The van der Waals surface area contributed by atoms with E-state index in [1.807, 2.05) is 0 Å². The van der Waals surface area contributed by atoms with E-state index in [-0.39, 0.29) is 24.2 Å². The molecular formula is C22H21FN4O5. The summed E-state index contributed by atoms with van der Waals surface area (Å²) in [5, 5.41) is 15.4. The number of benzene rings is 2. The number of aromatic nitrogens is 2. The van der Waals surface area contributed by atoms with Crippen molar-refractivity contribution in [2.45, 2.75) is 31.9 Å². The predicted octanol–water partition coefficient (Wildman–Crippen LogP) is 4.03. The van der Waals surface area contributed by atoms with Crippen LogP contribution in [-0.4, -0.2) is 39.8 Å². The number of nitrogens with zero attached hydrogens (tertiary/aromatic N) is 4. The second-order valence-electron chi connectivity index (χ2n) is 8.00. The van der Waals surface area contributed by atoms with Crippen molar-refractivity contribution in [2.24, 2.45) is 0 Å². The van der Waals surface area contributed by atoms with Gasteiger partial charge in [0.25, 0.3) is 5.69 Å². The van der Waals surface area contributed by atoms with E-state index in [4.69, 9.17) is 14.0 Å². The van der Waals surface area contributed by atoms with Gasteiger partial charge in [0.2, 0.25) is 11.7 Å². The highest BCUT2D eigenvalue weighted by atomic mass is 19.1. The van der Waals surface area contributed by atoms with Crippen molar-refractivity contribution in [1.82, 2.24) is 15.0 Å². The highest BCUT2D eigenvalue weighted by Gasteiger charge is 2.28. The van der Waals surface area contributed by atoms with Gasteiger partial charge in [0.05, 0.1) is 17.4 Å². The van der Waals surface area contributed by atoms with Crippen molar-refractivity contribution in [3.8, 4) is 17.1 Å². The minimum atomic E-state index is -0.396. The third-order valence-corrected chi connectivity index (χ3v) is 5.78. The number of rotatable bonds is 5. The Morgan fingerprint density at radius 1 is 1.25 bits per heavy atom. The van der Waals surface area contributed by atoms with Crippen LogP contribution in [0.15, 0.2) is 40.9 Å². The molecule has 1 fully saturated rings. The van der Waals surface area contributed by atoms with E-state index in [1.54, 1.807) is 18.2 Å². The van der Waals surface area contributed by atoms with Gasteiger partial charge in [0.1, 0.15) is 11.6 Å². The molecule has 9 nitrogen and oxygen atoms in total. The van der Waals surface area contributed by atoms with Crippen molar-refractivity contribution >= 4 is 5.69 Å². The molecule has 32 heavy (non-hydrogen) atoms. The quantitative estimate of drug-likeness (QED) is 0.433. The maximum atomic E-state index is 13.2. The van der Waals surface area contributed by atoms with Crippen molar-refractivity contribution in [3.05, 3.63) is 69.3 Å². The van der Waals surface area contributed by atoms with E-state index in [1.165, 1.54) is 18.2 Å². The van der Waals surface area contributed by atoms with Crippen LogP contribution in [0.25, 0.3) is 11.4 Å². The second kappa shape index (κ2) is 8.64. The Balaban J connectivity index is 1.34. The lowest BCUT2D eigenvalue weighted by atomic mass is 9.97. The largest absolute Gasteiger partial charge is 0.467 e. The van der Waals surface area contributed by atoms with E-state index in [2.05, 4.69) is 15.0 Å². The van der Waals surface area contributed by atoms with Gasteiger partial charge in [-0.2, -0.15) is 4.98 Å². The Bertz CT molecular complexity index is 1130. The smallest absolute Gasteiger partial charge is 0.270 e. The van der Waals surface area contributed by atoms with Gasteiger partial charge in [0.15, 0.2) is 6.79 Å². The summed E-state index contributed by atoms with van der Waals surface area (Å²) in [6.45, 7) is 2.47. The van der Waals surface area contributed by atoms with Gasteiger partial charge in [-0.05, 0) is 43.7 Å². The van der Waals surface area contributed by atoms with Gasteiger partial charge < -0.3 is 14.0 Å². The van der Waals surface area contributed by atoms with Crippen LogP contribution < -0.4 is 4.74 Å². The number of halogens is 1. The minimum Gasteiger partial charge on any atom is -0.467 e. The summed E-state index contributed by atoms with van der Waals surface area (Å²) in [7, 11) is 0. The maximum absolute atomic E-state index is 13.2. The molecule has 166 valence electrons. The lowest BCUT2D eigenvalue weighted by molar-refractivity contribution is -0.385. The molecule has 0 N–H and O–H groups in total. The van der Waals surface area contributed by atoms with Gasteiger partial charge in [-0.1, -0.05) is 5.16 Å². The summed E-state index contributed by atoms with van der Waals surface area (Å²) in [5.41, 5.74) is 2.18. The lowest BCUT2D eigenvalue weighted by Gasteiger charge is -2.32. The molecule has 1 aromatic heterocycles. The zero-order valence-electron chi connectivity index (χ0n) is 17.2. The molecule has 3 aromatic rings. The number of nitro benzene ring substituents is 1. The zero-order valence-corrected chi connectivity index (χ0v) is 17.2. The third kappa shape index (κ3) is 4.19. The Labute approximate surface area is 182 Å². The van der Waals surface area contributed by atoms with Crippen LogP contribution in [0.5, 0.6) is 5.75 Å². The van der Waals surface area contributed by atoms with E-state index in [0.29, 0.717) is 48.3 Å². The fourth-order valence-corrected chi connectivity index (χ4v) is 4.26. The number of non-ortho nitro benzene ring substituents is 1. The Morgan fingerprint density at radius 3 is 2.91 bits per heavy atom. The Kier molecular flexibility index (Phi) is 5.54. The maximum Gasteiger partial charge on any atom is 0.270 e. The highest BCUT2D eigenvalue weighted by Crippen LogP contribution is 2.35. The van der Waals surface area contributed by atoms with Gasteiger partial charge in [-0.3, -0.25) is 15.0 Å². The van der Waals surface area contributed by atoms with Crippen LogP contribution in [0, 0.1) is 15.9 Å². The molecule has 0 saturated carbocycles. The molecular weight excluding hydrogens is 419 g/mol. The predicted molar refractivity (Wildman–Crippen MR) is 110 cm³/mol. The Hall–Kier alpha value is -3.37. The van der Waals surface area contributed by atoms with E-state index >= 15 is 0 Å². The summed E-state index contributed by atoms with van der Waals surface area (Å²) < 4.78 is 29.6. The summed E-state index contributed by atoms with van der Waals surface area (Å²) >= 11 is 0. The van der Waals surface area contributed by atoms with Gasteiger partial charge in [-0.15, -0.1) is 0 Å². The zero-order chi connectivity index (χ0) is 22.1. The number of likely N-dealkylation sites (tertiary alicyclic amines) is 1. The van der Waals surface area contributed by atoms with E-state index < -0.39 is 4.92 Å². The fourth-order valence-electron chi connectivity index (χ4n) is 4.26. The van der Waals surface area contributed by atoms with Crippen molar-refractivity contribution < 1.29 is 23.3 Å². The summed E-state index contributed by atoms with van der Waals surface area (Å²) in [6.07, 6.45) is 1.83. The van der Waals surface area contributed by atoms with Gasteiger partial charge in [-0.25, -0.2) is 4.39 Å². The molecule has 3 heterocycles. The van der Waals surface area contributed by atoms with Crippen LogP contribution in [-0.2, 0) is 17.9 Å². The molecule has 10 heteroatoms. The molecule has 2 aromatic carbocycles. The number of nitro groups is 1. The lowest BCUT2D eigenvalue weighted by Crippen LogP contribution is -2.34. The molecule has 1 atom stereocenters. The SMILES string of the molecule is O=[N+]([O-])c1cc2c(c(CN3CCCC(c4nc(-c5ccc(F)cc5)no4)C3)c1)OCOC2. The minimum absolute atomic E-state index is 0.0299. The first-order valence-electron chi connectivity index (χ1n) is 10.4. The average molecular weight is 440 g/mol. The van der Waals surface area contributed by atoms with Crippen molar-refractivity contribution in [2.75, 3.05) is 19.9 Å². The molecule has 1 unspecified atom stereocenters. The number of ether oxygens (including phenoxy) is 2. The first kappa shape index (κ1) is 20.5. The summed E-state index contributed by atoms with van der Waals surface area (Å²) in [5.74, 6) is 1.36. The van der Waals surface area contributed by atoms with Crippen LogP contribution >= 0.6 is 0 Å². The first-order chi connectivity index (χ1) is 15.6. The molecule has 0 amide bonds. The molecule has 0 aliphatic carbocycles. The van der Waals surface area contributed by atoms with E-state index in [0.717, 1.165) is 24.9 Å². The molecule has 0 spiro atoms. The highest BCUT2D eigenvalue weighted by molar-refractivity contribution is 5.54. The molecule has 0 radical (unpaired) electrons. The monoisotopic (exact) mass is 440 g/mol. The molecule has 1 saturated heterocycles. The van der Waals surface area contributed by atoms with Crippen LogP contribution in [0.2, 0.25) is 0 Å². The summed E-state index contributed by atoms with van der Waals surface area (Å²) in [4.78, 5) is 17.7. The molecule has 2 aliphatic rings. The van der Waals surface area contributed by atoms with E-state index in [9.17, 15) is 14.5 Å². The molecule has 5 rings (SSSR count). The van der Waals surface area contributed by atoms with Crippen molar-refractivity contribution in [3.63, 3.8) is 0 Å². The van der Waals surface area contributed by atoms with Crippen LogP contribution in [0.3, 0.4) is 0 Å².